The van der Waals surface area contributed by atoms with Crippen LogP contribution < -0.4 is 34.7 Å². The first-order valence-corrected chi connectivity index (χ1v) is 39.4. The summed E-state index contributed by atoms with van der Waals surface area (Å²) in [6, 6.07) is 171. The molecule has 18 rings (SSSR count). The van der Waals surface area contributed by atoms with Crippen molar-refractivity contribution in [3.8, 4) is 55.6 Å². The molecule has 0 atom stereocenters. The van der Waals surface area contributed by atoms with Crippen molar-refractivity contribution < 1.29 is 0 Å². The van der Waals surface area contributed by atoms with E-state index in [1.807, 2.05) is 0 Å². The van der Waals surface area contributed by atoms with Gasteiger partial charge in [0.1, 0.15) is 0 Å². The molecule has 18 aromatic rings. The number of nitrogens with zero attached hydrogens (tertiary/aromatic N) is 6. The zero-order valence-electron chi connectivity index (χ0n) is 64.3. The molecule has 0 bridgehead atoms. The van der Waals surface area contributed by atoms with E-state index in [4.69, 9.17) is 0 Å². The van der Waals surface area contributed by atoms with Crippen molar-refractivity contribution in [2.75, 3.05) is 41.8 Å². The molecule has 0 fully saturated rings. The predicted molar refractivity (Wildman–Crippen MR) is 491 cm³/mol. The van der Waals surface area contributed by atoms with Gasteiger partial charge in [-0.1, -0.05) is 255 Å². The van der Waals surface area contributed by atoms with Gasteiger partial charge in [0.25, 0.3) is 0 Å². The van der Waals surface area contributed by atoms with Crippen molar-refractivity contribution in [2.24, 2.45) is 0 Å². The van der Waals surface area contributed by atoms with Crippen LogP contribution in [0.5, 0.6) is 0 Å². The van der Waals surface area contributed by atoms with E-state index in [0.717, 1.165) is 164 Å². The third-order valence-electron chi connectivity index (χ3n) is 21.5. The van der Waals surface area contributed by atoms with Crippen molar-refractivity contribution in [3.63, 3.8) is 0 Å². The molecule has 18 aromatic carbocycles. The van der Waals surface area contributed by atoms with E-state index >= 15 is 0 Å². The van der Waals surface area contributed by atoms with Crippen LogP contribution in [-0.4, -0.2) is 7.05 Å². The largest absolute Gasteiger partial charge is 0.355 e. The Morgan fingerprint density at radius 3 is 0.517 bits per heavy atom. The summed E-state index contributed by atoms with van der Waals surface area (Å²) >= 11 is 0. The van der Waals surface area contributed by atoms with Gasteiger partial charge in [0.2, 0.25) is 0 Å². The molecule has 0 spiro atoms. The minimum Gasteiger partial charge on any atom is -0.355 e. The summed E-state index contributed by atoms with van der Waals surface area (Å²) in [5.74, 6) is 0. The Labute approximate surface area is 680 Å². The quantitative estimate of drug-likeness (QED) is 0.0645. The molecule has 0 heterocycles. The summed E-state index contributed by atoms with van der Waals surface area (Å²) in [6.45, 7) is 0. The second-order valence-electron chi connectivity index (χ2n) is 28.7. The van der Waals surface area contributed by atoms with Gasteiger partial charge in [0, 0.05) is 121 Å². The van der Waals surface area contributed by atoms with E-state index in [1.165, 1.54) is 0 Å². The number of benzene rings is 18. The third-order valence-corrected chi connectivity index (χ3v) is 21.5. The summed E-state index contributed by atoms with van der Waals surface area (Å²) in [5, 5.41) is 3.76. The van der Waals surface area contributed by atoms with Crippen molar-refractivity contribution in [1.82, 2.24) is 0 Å². The van der Waals surface area contributed by atoms with Crippen LogP contribution in [0.2, 0.25) is 0 Å². The molecule has 0 amide bonds. The highest BCUT2D eigenvalue weighted by atomic mass is 15.2. The molecular weight excluding hydrogens is 1410 g/mol. The van der Waals surface area contributed by atoms with Gasteiger partial charge < -0.3 is 34.7 Å². The monoisotopic (exact) mass is 1490 g/mol. The van der Waals surface area contributed by atoms with E-state index in [1.54, 1.807) is 0 Å². The van der Waals surface area contributed by atoms with Crippen LogP contribution >= 0.6 is 0 Å². The molecule has 116 heavy (non-hydrogen) atoms. The fourth-order valence-corrected chi connectivity index (χ4v) is 15.5. The SMILES string of the molecule is CN(c1ccc(-c2ccc(N(c3ccccc3)c3ccc(Nc4ccccc4-c4ccc(-c5ccc(N(c6ccccc6)c6ccccc6)cc5)cc4)cc3)cc2)cc1)c1ccc(-c2ccc(N(c3ccccc3)c3ccc(N(c4ccccc4)c4ccc(-c5ccc(N(c6ccccc6)c6ccccc6)cc5)cc4)cc3)cc2)cc1. The lowest BCUT2D eigenvalue weighted by Gasteiger charge is -2.28. The Hall–Kier alpha value is -15.4. The Balaban J connectivity index is 0.520. The smallest absolute Gasteiger partial charge is 0.0463 e. The van der Waals surface area contributed by atoms with Gasteiger partial charge in [-0.25, -0.2) is 0 Å². The maximum absolute atomic E-state index is 3.76. The van der Waals surface area contributed by atoms with E-state index in [9.17, 15) is 0 Å². The molecule has 7 heteroatoms. The first-order chi connectivity index (χ1) is 57.4. The van der Waals surface area contributed by atoms with Crippen LogP contribution in [0.15, 0.2) is 479 Å². The van der Waals surface area contributed by atoms with Gasteiger partial charge in [-0.15, -0.1) is 0 Å². The fourth-order valence-electron chi connectivity index (χ4n) is 15.5. The van der Waals surface area contributed by atoms with E-state index in [-0.39, 0.29) is 0 Å². The maximum atomic E-state index is 3.76. The molecule has 0 saturated heterocycles. The second-order valence-corrected chi connectivity index (χ2v) is 28.7. The average Bonchev–Trinajstić information content (AvgIpc) is 0.795. The molecule has 0 aliphatic rings. The molecule has 7 nitrogen and oxygen atoms in total. The number of rotatable bonds is 24. The molecular formula is C109H83N7. The molecule has 0 aliphatic heterocycles. The minimum absolute atomic E-state index is 1.00. The molecule has 0 aromatic heterocycles. The van der Waals surface area contributed by atoms with Crippen LogP contribution in [0.25, 0.3) is 55.6 Å². The zero-order valence-corrected chi connectivity index (χ0v) is 64.3. The Morgan fingerprint density at radius 1 is 0.138 bits per heavy atom. The molecule has 1 N–H and O–H groups in total. The van der Waals surface area contributed by atoms with Crippen LogP contribution in [0.4, 0.5) is 108 Å². The number of nitrogens with one attached hydrogen (secondary N) is 1. The lowest BCUT2D eigenvalue weighted by molar-refractivity contribution is 1.21. The highest BCUT2D eigenvalue weighted by molar-refractivity contribution is 5.88. The first-order valence-electron chi connectivity index (χ1n) is 39.4. The van der Waals surface area contributed by atoms with Gasteiger partial charge >= 0.3 is 0 Å². The zero-order chi connectivity index (χ0) is 77.8. The lowest BCUT2D eigenvalue weighted by Crippen LogP contribution is -2.12. The van der Waals surface area contributed by atoms with Gasteiger partial charge in [-0.3, -0.25) is 0 Å². The van der Waals surface area contributed by atoms with Gasteiger partial charge in [0.05, 0.1) is 0 Å². The Kier molecular flexibility index (Phi) is 20.9. The summed E-state index contributed by atoms with van der Waals surface area (Å²) in [5.41, 5.74) is 32.0. The molecule has 0 saturated carbocycles. The minimum atomic E-state index is 1.00. The third kappa shape index (κ3) is 15.8. The summed E-state index contributed by atoms with van der Waals surface area (Å²) in [4.78, 5) is 13.8. The van der Waals surface area contributed by atoms with Crippen molar-refractivity contribution in [2.45, 2.75) is 0 Å². The molecule has 0 unspecified atom stereocenters. The molecule has 0 aliphatic carbocycles. The van der Waals surface area contributed by atoms with E-state index in [0.29, 0.717) is 0 Å². The summed E-state index contributed by atoms with van der Waals surface area (Å²) in [6.07, 6.45) is 0. The van der Waals surface area contributed by atoms with E-state index in [2.05, 4.69) is 521 Å². The summed E-state index contributed by atoms with van der Waals surface area (Å²) in [7, 11) is 2.13. The topological polar surface area (TPSA) is 31.5 Å². The normalized spacial score (nSPS) is 11.0. The standard InChI is InChI=1S/C109H83N7/c1-111(91-61-45-82(46-62-91)85-53-69-102(70-54-85)114(97-33-17-6-18-34-97)105-75-59-90(60-76-105)110-109-40-24-23-39-108(109)89-43-41-81(42-44-89)84-49-65-100(66-50-84)112(93-25-9-2-10-26-93)94-27-11-3-12-28-94)92-63-47-83(48-64-92)86-55-71-103(72-56-86)115(98-35-19-7-20-36-98)106-77-79-107(80-78-106)116(99-37-21-8-22-38-99)104-73-57-88(58-74-104)87-51-67-101(68-52-87)113(95-29-13-4-14-30-95)96-31-15-5-16-32-96/h2-80,110H,1H3. The first kappa shape index (κ1) is 72.1. The van der Waals surface area contributed by atoms with Crippen LogP contribution in [0.3, 0.4) is 0 Å². The summed E-state index contributed by atoms with van der Waals surface area (Å²) < 4.78 is 0. The Morgan fingerprint density at radius 2 is 0.293 bits per heavy atom. The maximum Gasteiger partial charge on any atom is 0.0463 e. The average molecular weight is 1490 g/mol. The fraction of sp³-hybridized carbons (Fsp3) is 0.00917. The van der Waals surface area contributed by atoms with Crippen molar-refractivity contribution in [3.05, 3.63) is 479 Å². The number of hydrogen-bond acceptors (Lipinski definition) is 7. The van der Waals surface area contributed by atoms with Crippen molar-refractivity contribution in [1.29, 1.82) is 0 Å². The van der Waals surface area contributed by atoms with Gasteiger partial charge in [-0.2, -0.15) is 0 Å². The number of para-hydroxylation sites is 8. The number of hydrogen-bond donors (Lipinski definition) is 1. The van der Waals surface area contributed by atoms with Gasteiger partial charge in [0.15, 0.2) is 0 Å². The lowest BCUT2D eigenvalue weighted by atomic mass is 9.99. The highest BCUT2D eigenvalue weighted by Crippen LogP contribution is 2.45. The van der Waals surface area contributed by atoms with Gasteiger partial charge in [-0.05, 0) is 275 Å². The predicted octanol–water partition coefficient (Wildman–Crippen LogP) is 30.9. The Bertz CT molecular complexity index is 6110. The number of anilines is 19. The van der Waals surface area contributed by atoms with Crippen molar-refractivity contribution >= 4 is 108 Å². The van der Waals surface area contributed by atoms with Crippen LogP contribution in [0, 0.1) is 0 Å². The van der Waals surface area contributed by atoms with E-state index < -0.39 is 0 Å². The van der Waals surface area contributed by atoms with Crippen LogP contribution in [0.1, 0.15) is 0 Å². The highest BCUT2D eigenvalue weighted by Gasteiger charge is 2.21. The second kappa shape index (κ2) is 33.6. The van der Waals surface area contributed by atoms with Crippen LogP contribution in [-0.2, 0) is 0 Å². The molecule has 0 radical (unpaired) electrons. The molecule has 554 valence electrons.